The minimum absolute atomic E-state index is 0.188. The molecule has 12 nitrogen and oxygen atoms in total. The Bertz CT molecular complexity index is 2450. The molecule has 2 aromatic heterocycles. The molecule has 0 aliphatic carbocycles. The van der Waals surface area contributed by atoms with Crippen LogP contribution in [-0.2, 0) is 16.1 Å². The summed E-state index contributed by atoms with van der Waals surface area (Å²) in [6.45, 7) is 8.98. The van der Waals surface area contributed by atoms with Gasteiger partial charge in [-0.05, 0) is 73.6 Å². The van der Waals surface area contributed by atoms with Crippen LogP contribution in [0, 0.1) is 12.8 Å². The molecule has 0 radical (unpaired) electrons. The Morgan fingerprint density at radius 2 is 1.66 bits per heavy atom. The zero-order valence-corrected chi connectivity index (χ0v) is 32.2. The Balaban J connectivity index is 0.810. The van der Waals surface area contributed by atoms with E-state index < -0.39 is 11.9 Å². The van der Waals surface area contributed by atoms with Gasteiger partial charge >= 0.3 is 0 Å². The second-order valence-electron chi connectivity index (χ2n) is 15.4. The number of nitrogens with zero attached hydrogens (tertiary/aromatic N) is 5. The number of imide groups is 1. The number of amides is 3. The van der Waals surface area contributed by atoms with Gasteiger partial charge in [0.05, 0.1) is 29.6 Å². The third-order valence-electron chi connectivity index (χ3n) is 12.1. The minimum atomic E-state index is -0.656. The highest BCUT2D eigenvalue weighted by Gasteiger charge is 2.41. The van der Waals surface area contributed by atoms with Crippen molar-refractivity contribution in [2.75, 3.05) is 62.7 Å². The topological polar surface area (TPSA) is 129 Å². The number of nitrogens with one attached hydrogen (secondary N) is 1. The van der Waals surface area contributed by atoms with Gasteiger partial charge in [0.1, 0.15) is 17.4 Å². The Hall–Kier alpha value is -5.46. The van der Waals surface area contributed by atoms with Crippen LogP contribution in [0.4, 0.5) is 11.4 Å². The molecule has 0 saturated carbocycles. The van der Waals surface area contributed by atoms with Gasteiger partial charge in [-0.3, -0.25) is 29.4 Å². The molecule has 1 unspecified atom stereocenters. The summed E-state index contributed by atoms with van der Waals surface area (Å²) in [5, 5.41) is 3.08. The highest BCUT2D eigenvalue weighted by molar-refractivity contribution is 6.35. The van der Waals surface area contributed by atoms with Crippen LogP contribution in [-0.4, -0.2) is 91.5 Å². The van der Waals surface area contributed by atoms with E-state index in [4.69, 9.17) is 20.8 Å². The SMILES string of the molecule is COc1cc(N2CCC(CN3CCN(c4ccc(-c5c(C)cnc6c(=O)c7c(Cl)cccc7oc56)cc4)CC3)CC2)cc2c1CN(C1CCC(=O)NC1=O)C2=O. The number of methoxy groups -OCH3 is 1. The summed E-state index contributed by atoms with van der Waals surface area (Å²) >= 11 is 6.35. The van der Waals surface area contributed by atoms with Crippen molar-refractivity contribution in [1.29, 1.82) is 0 Å². The number of ether oxygens (including phenoxy) is 1. The maximum absolute atomic E-state index is 13.6. The number of piperidine rings is 2. The quantitative estimate of drug-likeness (QED) is 0.161. The number of carbonyl (C=O) groups is 3. The second-order valence-corrected chi connectivity index (χ2v) is 15.8. The van der Waals surface area contributed by atoms with Crippen LogP contribution in [0.25, 0.3) is 33.2 Å². The van der Waals surface area contributed by atoms with Crippen molar-refractivity contribution in [3.05, 3.63) is 92.7 Å². The number of hydrogen-bond acceptors (Lipinski definition) is 10. The van der Waals surface area contributed by atoms with Crippen LogP contribution in [0.5, 0.6) is 5.75 Å². The molecule has 3 fully saturated rings. The monoisotopic (exact) mass is 774 g/mol. The normalized spacial score (nSPS) is 19.6. The molecule has 5 aromatic rings. The lowest BCUT2D eigenvalue weighted by molar-refractivity contribution is -0.136. The lowest BCUT2D eigenvalue weighted by Gasteiger charge is -2.40. The molecule has 3 saturated heterocycles. The summed E-state index contributed by atoms with van der Waals surface area (Å²) in [5.74, 6) is 0.347. The lowest BCUT2D eigenvalue weighted by atomic mass is 9.95. The third kappa shape index (κ3) is 6.44. The van der Waals surface area contributed by atoms with E-state index in [2.05, 4.69) is 49.3 Å². The summed E-state index contributed by atoms with van der Waals surface area (Å²) in [6.07, 6.45) is 4.40. The van der Waals surface area contributed by atoms with E-state index >= 15 is 0 Å². The van der Waals surface area contributed by atoms with Crippen LogP contribution in [0.3, 0.4) is 0 Å². The van der Waals surface area contributed by atoms with Crippen molar-refractivity contribution >= 4 is 62.8 Å². The first-order chi connectivity index (χ1) is 27.2. The molecule has 4 aliphatic rings. The first kappa shape index (κ1) is 36.2. The van der Waals surface area contributed by atoms with Gasteiger partial charge in [0, 0.05) is 87.0 Å². The summed E-state index contributed by atoms with van der Waals surface area (Å²) < 4.78 is 12.0. The van der Waals surface area contributed by atoms with E-state index in [9.17, 15) is 19.2 Å². The van der Waals surface area contributed by atoms with Crippen molar-refractivity contribution in [2.24, 2.45) is 5.92 Å². The van der Waals surface area contributed by atoms with Gasteiger partial charge in [-0.2, -0.15) is 0 Å². The lowest BCUT2D eigenvalue weighted by Crippen LogP contribution is -2.52. The number of halogens is 1. The predicted molar refractivity (Wildman–Crippen MR) is 216 cm³/mol. The van der Waals surface area contributed by atoms with Crippen molar-refractivity contribution in [1.82, 2.24) is 20.1 Å². The van der Waals surface area contributed by atoms with Crippen LogP contribution in [0.1, 0.15) is 47.2 Å². The van der Waals surface area contributed by atoms with Crippen molar-refractivity contribution in [2.45, 2.75) is 45.2 Å². The van der Waals surface area contributed by atoms with Gasteiger partial charge < -0.3 is 23.9 Å². The number of anilines is 2. The molecule has 288 valence electrons. The van der Waals surface area contributed by atoms with E-state index in [1.807, 2.05) is 19.1 Å². The number of fused-ring (bicyclic) bond motifs is 3. The molecule has 0 bridgehead atoms. The highest BCUT2D eigenvalue weighted by Crippen LogP contribution is 2.39. The van der Waals surface area contributed by atoms with Crippen molar-refractivity contribution < 1.29 is 23.5 Å². The van der Waals surface area contributed by atoms with E-state index in [1.165, 1.54) is 5.69 Å². The molecule has 3 aromatic carbocycles. The number of hydrogen-bond donors (Lipinski definition) is 1. The average molecular weight is 775 g/mol. The molecule has 6 heterocycles. The fourth-order valence-electron chi connectivity index (χ4n) is 8.98. The smallest absolute Gasteiger partial charge is 0.255 e. The number of aromatic nitrogens is 1. The maximum Gasteiger partial charge on any atom is 0.255 e. The van der Waals surface area contributed by atoms with Crippen LogP contribution in [0.2, 0.25) is 5.02 Å². The molecule has 3 amide bonds. The zero-order valence-electron chi connectivity index (χ0n) is 31.5. The molecule has 4 aliphatic heterocycles. The fourth-order valence-corrected chi connectivity index (χ4v) is 9.24. The fraction of sp³-hybridized carbons (Fsp3) is 0.372. The van der Waals surface area contributed by atoms with Gasteiger partial charge in [0.25, 0.3) is 5.91 Å². The molecule has 1 atom stereocenters. The predicted octanol–water partition coefficient (Wildman–Crippen LogP) is 5.78. The first-order valence-electron chi connectivity index (χ1n) is 19.4. The largest absolute Gasteiger partial charge is 0.496 e. The summed E-state index contributed by atoms with van der Waals surface area (Å²) in [4.78, 5) is 64.6. The van der Waals surface area contributed by atoms with Gasteiger partial charge in [-0.1, -0.05) is 29.8 Å². The molecular formula is C43H43ClN6O6. The van der Waals surface area contributed by atoms with Crippen molar-refractivity contribution in [3.63, 3.8) is 0 Å². The van der Waals surface area contributed by atoms with E-state index in [1.54, 1.807) is 36.4 Å². The molecule has 13 heteroatoms. The molecule has 1 N–H and O–H groups in total. The van der Waals surface area contributed by atoms with Crippen LogP contribution >= 0.6 is 11.6 Å². The minimum Gasteiger partial charge on any atom is -0.496 e. The Kier molecular flexibility index (Phi) is 9.41. The number of aryl methyl sites for hydroxylation is 1. The van der Waals surface area contributed by atoms with Gasteiger partial charge in [-0.25, -0.2) is 4.98 Å². The Morgan fingerprint density at radius 3 is 2.39 bits per heavy atom. The number of piperazine rings is 1. The molecule has 0 spiro atoms. The van der Waals surface area contributed by atoms with E-state index in [0.29, 0.717) is 51.8 Å². The van der Waals surface area contributed by atoms with Crippen LogP contribution < -0.4 is 25.3 Å². The number of pyridine rings is 1. The number of benzene rings is 3. The van der Waals surface area contributed by atoms with Gasteiger partial charge in [-0.15, -0.1) is 0 Å². The summed E-state index contributed by atoms with van der Waals surface area (Å²) in [7, 11) is 1.62. The molecular weight excluding hydrogens is 732 g/mol. The Morgan fingerprint density at radius 1 is 0.911 bits per heavy atom. The third-order valence-corrected chi connectivity index (χ3v) is 12.4. The van der Waals surface area contributed by atoms with E-state index in [0.717, 1.165) is 86.6 Å². The highest BCUT2D eigenvalue weighted by atomic mass is 35.5. The Labute approximate surface area is 328 Å². The molecule has 9 rings (SSSR count). The summed E-state index contributed by atoms with van der Waals surface area (Å²) in [5.41, 5.74) is 7.21. The van der Waals surface area contributed by atoms with Crippen LogP contribution in [0.15, 0.2) is 70.0 Å². The number of carbonyl (C=O) groups excluding carboxylic acids is 3. The molecule has 56 heavy (non-hydrogen) atoms. The summed E-state index contributed by atoms with van der Waals surface area (Å²) in [6, 6.07) is 17.0. The van der Waals surface area contributed by atoms with Gasteiger partial charge in [0.2, 0.25) is 17.2 Å². The van der Waals surface area contributed by atoms with E-state index in [-0.39, 0.29) is 29.2 Å². The average Bonchev–Trinajstić information content (AvgIpc) is 3.53. The second kappa shape index (κ2) is 14.6. The maximum atomic E-state index is 13.6. The zero-order chi connectivity index (χ0) is 38.7. The number of rotatable bonds is 7. The van der Waals surface area contributed by atoms with Gasteiger partial charge in [0.15, 0.2) is 11.1 Å². The first-order valence-corrected chi connectivity index (χ1v) is 19.7. The standard InChI is InChI=1S/C43H43ClN6O6/c1-25-22-45-39-40(52)38-32(44)4-3-5-34(38)56-41(39)37(25)27-6-8-28(9-7-27)49-18-16-47(17-19-49)23-26-12-14-48(15-13-26)29-20-30-31(35(21-29)55-2)24-50(43(30)54)33-10-11-36(51)46-42(33)53/h3-9,20-22,26,33H,10-19,23-24H2,1-2H3,(H,46,51,53). The van der Waals surface area contributed by atoms with Crippen molar-refractivity contribution in [3.8, 4) is 16.9 Å².